The summed E-state index contributed by atoms with van der Waals surface area (Å²) >= 11 is 3.27. The van der Waals surface area contributed by atoms with Gasteiger partial charge in [-0.05, 0) is 29.8 Å². The van der Waals surface area contributed by atoms with Crippen LogP contribution >= 0.6 is 15.9 Å². The Kier molecular flexibility index (Phi) is 8.18. The molecule has 144 valence electrons. The van der Waals surface area contributed by atoms with Gasteiger partial charge in [0.15, 0.2) is 11.9 Å². The van der Waals surface area contributed by atoms with Gasteiger partial charge in [-0.25, -0.2) is 14.8 Å². The smallest absolute Gasteiger partial charge is 0.213 e. The Morgan fingerprint density at radius 3 is 2.73 bits per heavy atom. The first-order valence-corrected chi connectivity index (χ1v) is 10.0. The molecule has 2 unspecified atom stereocenters. The number of hydrogen-bond acceptors (Lipinski definition) is 5. The van der Waals surface area contributed by atoms with E-state index in [0.29, 0.717) is 28.8 Å². The zero-order valence-corrected chi connectivity index (χ0v) is 17.2. The van der Waals surface area contributed by atoms with E-state index in [1.54, 1.807) is 13.1 Å². The van der Waals surface area contributed by atoms with Crippen molar-refractivity contribution < 1.29 is 14.0 Å². The highest BCUT2D eigenvalue weighted by molar-refractivity contribution is 9.10. The standard InChI is InChI=1S/C19H27BrFN3O2/c1-4-6-7-8-9-16(19-23-17(5-2)26-24(19)22-3)18(25)13-10-14(20)12-15(21)11-13/h10-12,16,19,22H,4-9H2,1-3H3. The lowest BCUT2D eigenvalue weighted by molar-refractivity contribution is -0.134. The number of benzene rings is 1. The number of halogens is 2. The summed E-state index contributed by atoms with van der Waals surface area (Å²) in [5, 5.41) is 1.52. The van der Waals surface area contributed by atoms with Crippen molar-refractivity contribution in [3.63, 3.8) is 0 Å². The number of rotatable bonds is 10. The van der Waals surface area contributed by atoms with Crippen molar-refractivity contribution in [3.05, 3.63) is 34.1 Å². The summed E-state index contributed by atoms with van der Waals surface area (Å²) in [6.07, 6.45) is 5.12. The first-order valence-electron chi connectivity index (χ1n) is 9.21. The number of nitrogens with zero attached hydrogens (tertiary/aromatic N) is 2. The molecule has 1 N–H and O–H groups in total. The van der Waals surface area contributed by atoms with Crippen molar-refractivity contribution in [2.24, 2.45) is 10.9 Å². The summed E-state index contributed by atoms with van der Waals surface area (Å²) in [6.45, 7) is 4.11. The molecule has 1 aromatic carbocycles. The fourth-order valence-electron chi connectivity index (χ4n) is 3.09. The van der Waals surface area contributed by atoms with E-state index in [4.69, 9.17) is 4.84 Å². The van der Waals surface area contributed by atoms with Crippen molar-refractivity contribution in [1.29, 1.82) is 0 Å². The number of hydroxylamine groups is 1. The van der Waals surface area contributed by atoms with Gasteiger partial charge in [0.1, 0.15) is 5.82 Å². The van der Waals surface area contributed by atoms with Crippen molar-refractivity contribution in [3.8, 4) is 0 Å². The summed E-state index contributed by atoms with van der Waals surface area (Å²) in [5.74, 6) is -0.358. The number of aliphatic imine (C=N–C) groups is 1. The molecule has 0 aliphatic carbocycles. The van der Waals surface area contributed by atoms with E-state index >= 15 is 0 Å². The van der Waals surface area contributed by atoms with Crippen LogP contribution in [0.1, 0.15) is 62.7 Å². The van der Waals surface area contributed by atoms with Gasteiger partial charge in [0, 0.05) is 23.5 Å². The van der Waals surface area contributed by atoms with Crippen molar-refractivity contribution >= 4 is 27.6 Å². The molecule has 0 fully saturated rings. The van der Waals surface area contributed by atoms with Gasteiger partial charge >= 0.3 is 0 Å². The van der Waals surface area contributed by atoms with Crippen LogP contribution in [0.4, 0.5) is 4.39 Å². The molecule has 2 rings (SSSR count). The molecular formula is C19H27BrFN3O2. The molecule has 2 atom stereocenters. The summed E-state index contributed by atoms with van der Waals surface area (Å²) in [6, 6.07) is 4.30. The molecule has 7 heteroatoms. The zero-order chi connectivity index (χ0) is 19.1. The molecule has 1 aliphatic heterocycles. The molecule has 1 heterocycles. The van der Waals surface area contributed by atoms with Crippen LogP contribution in [0.15, 0.2) is 27.7 Å². The van der Waals surface area contributed by atoms with Crippen LogP contribution in [0.3, 0.4) is 0 Å². The number of hydrazine groups is 1. The molecule has 0 aromatic heterocycles. The molecule has 1 aromatic rings. The SMILES string of the molecule is CCCCCCC(C(=O)c1cc(F)cc(Br)c1)C1N=C(CC)ON1NC. The minimum absolute atomic E-state index is 0.114. The van der Waals surface area contributed by atoms with Crippen LogP contribution in [0, 0.1) is 11.7 Å². The molecule has 0 saturated heterocycles. The molecule has 1 aliphatic rings. The minimum Gasteiger partial charge on any atom is -0.374 e. The van der Waals surface area contributed by atoms with Crippen LogP contribution in [-0.2, 0) is 4.84 Å². The van der Waals surface area contributed by atoms with Crippen LogP contribution in [0.25, 0.3) is 0 Å². The lowest BCUT2D eigenvalue weighted by atomic mass is 9.89. The van der Waals surface area contributed by atoms with Gasteiger partial charge < -0.3 is 4.84 Å². The largest absolute Gasteiger partial charge is 0.374 e. The average molecular weight is 428 g/mol. The quantitative estimate of drug-likeness (QED) is 0.427. The third kappa shape index (κ3) is 5.34. The Labute approximate surface area is 163 Å². The highest BCUT2D eigenvalue weighted by atomic mass is 79.9. The Morgan fingerprint density at radius 2 is 2.12 bits per heavy atom. The van der Waals surface area contributed by atoms with Crippen LogP contribution < -0.4 is 5.43 Å². The second-order valence-electron chi connectivity index (χ2n) is 6.41. The summed E-state index contributed by atoms with van der Waals surface area (Å²) in [5.41, 5.74) is 3.31. The molecule has 0 radical (unpaired) electrons. The molecular weight excluding hydrogens is 401 g/mol. The Hall–Kier alpha value is -1.31. The number of unbranched alkanes of at least 4 members (excludes halogenated alkanes) is 3. The van der Waals surface area contributed by atoms with Crippen LogP contribution in [-0.4, -0.2) is 30.1 Å². The molecule has 0 spiro atoms. The predicted molar refractivity (Wildman–Crippen MR) is 104 cm³/mol. The van der Waals surface area contributed by atoms with Crippen molar-refractivity contribution in [1.82, 2.24) is 10.6 Å². The number of ketones is 1. The van der Waals surface area contributed by atoms with Crippen molar-refractivity contribution in [2.75, 3.05) is 7.05 Å². The lowest BCUT2D eigenvalue weighted by Gasteiger charge is -2.26. The zero-order valence-electron chi connectivity index (χ0n) is 15.6. The Balaban J connectivity index is 2.27. The number of Topliss-reactive ketones (excluding diaryl/α,β-unsaturated/α-hetero) is 1. The normalized spacial score (nSPS) is 18.5. The van der Waals surface area contributed by atoms with Gasteiger partial charge in [-0.1, -0.05) is 55.5 Å². The van der Waals surface area contributed by atoms with Gasteiger partial charge in [0.2, 0.25) is 5.90 Å². The molecule has 0 saturated carbocycles. The van der Waals surface area contributed by atoms with Crippen LogP contribution in [0.2, 0.25) is 0 Å². The Bertz CT molecular complexity index is 633. The third-order valence-corrected chi connectivity index (χ3v) is 4.91. The second-order valence-corrected chi connectivity index (χ2v) is 7.32. The van der Waals surface area contributed by atoms with Gasteiger partial charge in [-0.15, -0.1) is 0 Å². The molecule has 26 heavy (non-hydrogen) atoms. The van der Waals surface area contributed by atoms with E-state index in [1.807, 2.05) is 6.92 Å². The van der Waals surface area contributed by atoms with Crippen molar-refractivity contribution in [2.45, 2.75) is 58.5 Å². The summed E-state index contributed by atoms with van der Waals surface area (Å²) < 4.78 is 14.3. The van der Waals surface area contributed by atoms with Crippen LogP contribution in [0.5, 0.6) is 0 Å². The minimum atomic E-state index is -0.453. The first kappa shape index (κ1) is 21.0. The molecule has 0 amide bonds. The molecule has 5 nitrogen and oxygen atoms in total. The number of carbonyl (C=O) groups excluding carboxylic acids is 1. The maximum absolute atomic E-state index is 13.8. The van der Waals surface area contributed by atoms with E-state index in [2.05, 4.69) is 33.3 Å². The van der Waals surface area contributed by atoms with Gasteiger partial charge in [-0.3, -0.25) is 4.79 Å². The van der Waals surface area contributed by atoms with E-state index < -0.39 is 17.9 Å². The van der Waals surface area contributed by atoms with Gasteiger partial charge in [0.05, 0.1) is 5.92 Å². The predicted octanol–water partition coefficient (Wildman–Crippen LogP) is 4.87. The highest BCUT2D eigenvalue weighted by Gasteiger charge is 2.38. The second kappa shape index (κ2) is 10.1. The number of nitrogens with one attached hydrogen (secondary N) is 1. The Morgan fingerprint density at radius 1 is 1.35 bits per heavy atom. The number of carbonyl (C=O) groups is 1. The van der Waals surface area contributed by atoms with Gasteiger partial charge in [-0.2, -0.15) is 0 Å². The average Bonchev–Trinajstić information content (AvgIpc) is 3.03. The molecule has 0 bridgehead atoms. The van der Waals surface area contributed by atoms with E-state index in [1.165, 1.54) is 17.3 Å². The lowest BCUT2D eigenvalue weighted by Crippen LogP contribution is -2.45. The third-order valence-electron chi connectivity index (χ3n) is 4.46. The van der Waals surface area contributed by atoms with Gasteiger partial charge in [0.25, 0.3) is 0 Å². The fourth-order valence-corrected chi connectivity index (χ4v) is 3.56. The maximum Gasteiger partial charge on any atom is 0.213 e. The highest BCUT2D eigenvalue weighted by Crippen LogP contribution is 2.28. The van der Waals surface area contributed by atoms with E-state index in [9.17, 15) is 9.18 Å². The van der Waals surface area contributed by atoms with E-state index in [0.717, 1.165) is 25.7 Å². The van der Waals surface area contributed by atoms with E-state index in [-0.39, 0.29) is 5.78 Å². The summed E-state index contributed by atoms with van der Waals surface area (Å²) in [4.78, 5) is 23.4. The first-order chi connectivity index (χ1) is 12.5. The number of hydrogen-bond donors (Lipinski definition) is 1. The summed E-state index contributed by atoms with van der Waals surface area (Å²) in [7, 11) is 1.73. The fraction of sp³-hybridized carbons (Fsp3) is 0.579. The monoisotopic (exact) mass is 427 g/mol. The maximum atomic E-state index is 13.8. The topological polar surface area (TPSA) is 53.9 Å².